The Morgan fingerprint density at radius 1 is 1.33 bits per heavy atom. The second-order valence-corrected chi connectivity index (χ2v) is 3.76. The van der Waals surface area contributed by atoms with Gasteiger partial charge in [0.15, 0.2) is 0 Å². The standard InChI is InChI=1S/C12H11N3O3/c16-11(10-7-17-5-6-18-10)15-12-13-8-3-1-2-4-9(8)14-12/h1-4,7H,5-6H2,(H2,13,14,15,16). The van der Waals surface area contributed by atoms with Crippen molar-refractivity contribution in [2.75, 3.05) is 18.5 Å². The predicted octanol–water partition coefficient (Wildman–Crippen LogP) is 1.39. The highest BCUT2D eigenvalue weighted by Crippen LogP contribution is 2.14. The third-order valence-corrected chi connectivity index (χ3v) is 2.49. The van der Waals surface area contributed by atoms with Gasteiger partial charge in [-0.3, -0.25) is 10.1 Å². The average molecular weight is 245 g/mol. The smallest absolute Gasteiger partial charge is 0.296 e. The lowest BCUT2D eigenvalue weighted by atomic mass is 10.3. The highest BCUT2D eigenvalue weighted by molar-refractivity contribution is 6.01. The topological polar surface area (TPSA) is 76.2 Å². The van der Waals surface area contributed by atoms with Gasteiger partial charge in [0.25, 0.3) is 5.91 Å². The van der Waals surface area contributed by atoms with Gasteiger partial charge in [0.2, 0.25) is 11.7 Å². The number of aromatic nitrogens is 2. The lowest BCUT2D eigenvalue weighted by molar-refractivity contribution is -0.117. The second kappa shape index (κ2) is 4.40. The summed E-state index contributed by atoms with van der Waals surface area (Å²) in [7, 11) is 0. The summed E-state index contributed by atoms with van der Waals surface area (Å²) >= 11 is 0. The van der Waals surface area contributed by atoms with E-state index < -0.39 is 0 Å². The molecule has 2 heterocycles. The van der Waals surface area contributed by atoms with Crippen molar-refractivity contribution in [3.8, 4) is 0 Å². The first-order valence-corrected chi connectivity index (χ1v) is 5.53. The molecule has 6 nitrogen and oxygen atoms in total. The van der Waals surface area contributed by atoms with Crippen molar-refractivity contribution in [2.24, 2.45) is 0 Å². The third kappa shape index (κ3) is 2.00. The van der Waals surface area contributed by atoms with E-state index in [4.69, 9.17) is 9.47 Å². The van der Waals surface area contributed by atoms with E-state index in [1.54, 1.807) is 0 Å². The van der Waals surface area contributed by atoms with Crippen LogP contribution in [0.3, 0.4) is 0 Å². The van der Waals surface area contributed by atoms with E-state index in [1.165, 1.54) is 6.26 Å². The van der Waals surface area contributed by atoms with Crippen LogP contribution in [0.5, 0.6) is 0 Å². The maximum Gasteiger partial charge on any atom is 0.296 e. The number of carbonyl (C=O) groups excluding carboxylic acids is 1. The number of hydrogen-bond acceptors (Lipinski definition) is 4. The first-order chi connectivity index (χ1) is 8.83. The van der Waals surface area contributed by atoms with Crippen molar-refractivity contribution >= 4 is 22.9 Å². The van der Waals surface area contributed by atoms with Gasteiger partial charge in [0.05, 0.1) is 11.0 Å². The number of ether oxygens (including phenoxy) is 2. The fourth-order valence-corrected chi connectivity index (χ4v) is 1.67. The lowest BCUT2D eigenvalue weighted by Gasteiger charge is -2.14. The van der Waals surface area contributed by atoms with Crippen LogP contribution in [0, 0.1) is 0 Å². The molecule has 1 aliphatic heterocycles. The monoisotopic (exact) mass is 245 g/mol. The molecule has 2 aromatic rings. The van der Waals surface area contributed by atoms with E-state index >= 15 is 0 Å². The molecule has 2 N–H and O–H groups in total. The van der Waals surface area contributed by atoms with Gasteiger partial charge in [-0.15, -0.1) is 0 Å². The number of anilines is 1. The number of nitrogens with zero attached hydrogens (tertiary/aromatic N) is 1. The SMILES string of the molecule is O=C(Nc1nc2ccccc2[nH]1)C1=COCCO1. The largest absolute Gasteiger partial charge is 0.494 e. The molecule has 0 bridgehead atoms. The normalized spacial score (nSPS) is 14.6. The first-order valence-electron chi connectivity index (χ1n) is 5.53. The molecule has 0 fully saturated rings. The number of nitrogens with one attached hydrogen (secondary N) is 2. The molecule has 1 amide bonds. The summed E-state index contributed by atoms with van der Waals surface area (Å²) in [6.07, 6.45) is 1.31. The van der Waals surface area contributed by atoms with Gasteiger partial charge in [-0.25, -0.2) is 4.98 Å². The molecule has 1 aromatic carbocycles. The summed E-state index contributed by atoms with van der Waals surface area (Å²) in [4.78, 5) is 19.0. The second-order valence-electron chi connectivity index (χ2n) is 3.76. The Morgan fingerprint density at radius 3 is 3.00 bits per heavy atom. The highest BCUT2D eigenvalue weighted by atomic mass is 16.6. The van der Waals surface area contributed by atoms with Crippen LogP contribution in [0.4, 0.5) is 5.95 Å². The fourth-order valence-electron chi connectivity index (χ4n) is 1.67. The molecule has 0 atom stereocenters. The van der Waals surface area contributed by atoms with Crippen molar-refractivity contribution in [2.45, 2.75) is 0 Å². The number of carbonyl (C=O) groups is 1. The molecule has 0 unspecified atom stereocenters. The number of H-pyrrole nitrogens is 1. The molecule has 1 aromatic heterocycles. The molecule has 1 aliphatic rings. The zero-order valence-corrected chi connectivity index (χ0v) is 9.47. The molecular weight excluding hydrogens is 234 g/mol. The number of imidazole rings is 1. The minimum Gasteiger partial charge on any atom is -0.494 e. The van der Waals surface area contributed by atoms with E-state index in [0.717, 1.165) is 11.0 Å². The van der Waals surface area contributed by atoms with Crippen LogP contribution in [-0.2, 0) is 14.3 Å². The van der Waals surface area contributed by atoms with Crippen LogP contribution in [0.25, 0.3) is 11.0 Å². The number of amides is 1. The summed E-state index contributed by atoms with van der Waals surface area (Å²) < 4.78 is 10.2. The van der Waals surface area contributed by atoms with Gasteiger partial charge >= 0.3 is 0 Å². The molecule has 0 aliphatic carbocycles. The first kappa shape index (κ1) is 10.6. The van der Waals surface area contributed by atoms with Gasteiger partial charge in [-0.2, -0.15) is 0 Å². The van der Waals surface area contributed by atoms with Crippen LogP contribution in [0.15, 0.2) is 36.3 Å². The molecule has 0 spiro atoms. The van der Waals surface area contributed by atoms with E-state index in [1.807, 2.05) is 24.3 Å². The lowest BCUT2D eigenvalue weighted by Crippen LogP contribution is -2.21. The Hall–Kier alpha value is -2.50. The fraction of sp³-hybridized carbons (Fsp3) is 0.167. The van der Waals surface area contributed by atoms with Gasteiger partial charge < -0.3 is 14.5 Å². The minimum absolute atomic E-state index is 0.154. The van der Waals surface area contributed by atoms with Gasteiger partial charge in [-0.1, -0.05) is 12.1 Å². The van der Waals surface area contributed by atoms with Crippen LogP contribution >= 0.6 is 0 Å². The molecule has 6 heteroatoms. The van der Waals surface area contributed by atoms with Crippen LogP contribution in [-0.4, -0.2) is 29.1 Å². The number of benzene rings is 1. The molecule has 92 valence electrons. The Bertz CT molecular complexity index is 585. The summed E-state index contributed by atoms with van der Waals surface area (Å²) in [6.45, 7) is 0.834. The number of aromatic amines is 1. The summed E-state index contributed by atoms with van der Waals surface area (Å²) in [5, 5.41) is 2.62. The van der Waals surface area contributed by atoms with Crippen molar-refractivity contribution < 1.29 is 14.3 Å². The maximum atomic E-state index is 11.8. The highest BCUT2D eigenvalue weighted by Gasteiger charge is 2.16. The Morgan fingerprint density at radius 2 is 2.22 bits per heavy atom. The summed E-state index contributed by atoms with van der Waals surface area (Å²) in [6, 6.07) is 7.53. The predicted molar refractivity (Wildman–Crippen MR) is 64.7 cm³/mol. The minimum atomic E-state index is -0.381. The summed E-state index contributed by atoms with van der Waals surface area (Å²) in [5.74, 6) is 0.159. The number of fused-ring (bicyclic) bond motifs is 1. The Labute approximate surface area is 103 Å². The van der Waals surface area contributed by atoms with E-state index in [0.29, 0.717) is 19.2 Å². The van der Waals surface area contributed by atoms with Gasteiger partial charge in [-0.05, 0) is 12.1 Å². The maximum absolute atomic E-state index is 11.8. The van der Waals surface area contributed by atoms with Gasteiger partial charge in [0.1, 0.15) is 19.5 Å². The van der Waals surface area contributed by atoms with E-state index in [-0.39, 0.29) is 11.7 Å². The quantitative estimate of drug-likeness (QED) is 0.838. The van der Waals surface area contributed by atoms with E-state index in [9.17, 15) is 4.79 Å². The number of hydrogen-bond donors (Lipinski definition) is 2. The van der Waals surface area contributed by atoms with Crippen LogP contribution in [0.1, 0.15) is 0 Å². The van der Waals surface area contributed by atoms with Crippen molar-refractivity contribution in [3.05, 3.63) is 36.3 Å². The molecule has 0 saturated carbocycles. The molecule has 18 heavy (non-hydrogen) atoms. The Balaban J connectivity index is 1.79. The van der Waals surface area contributed by atoms with Crippen molar-refractivity contribution in [1.29, 1.82) is 0 Å². The molecule has 0 saturated heterocycles. The zero-order chi connectivity index (χ0) is 12.4. The van der Waals surface area contributed by atoms with Crippen molar-refractivity contribution in [3.63, 3.8) is 0 Å². The molecule has 0 radical (unpaired) electrons. The molecule has 3 rings (SSSR count). The van der Waals surface area contributed by atoms with E-state index in [2.05, 4.69) is 15.3 Å². The summed E-state index contributed by atoms with van der Waals surface area (Å²) in [5.41, 5.74) is 1.66. The third-order valence-electron chi connectivity index (χ3n) is 2.49. The van der Waals surface area contributed by atoms with Gasteiger partial charge in [0, 0.05) is 0 Å². The van der Waals surface area contributed by atoms with Crippen LogP contribution in [0.2, 0.25) is 0 Å². The zero-order valence-electron chi connectivity index (χ0n) is 9.47. The average Bonchev–Trinajstić information content (AvgIpc) is 2.82. The number of rotatable bonds is 2. The Kier molecular flexibility index (Phi) is 2.60. The number of para-hydroxylation sites is 2. The van der Waals surface area contributed by atoms with Crippen molar-refractivity contribution in [1.82, 2.24) is 9.97 Å². The molecular formula is C12H11N3O3. The van der Waals surface area contributed by atoms with Crippen LogP contribution < -0.4 is 5.32 Å².